The highest BCUT2D eigenvalue weighted by atomic mass is 16.5. The standard InChI is InChI=1S/C68H89N23O15/c1-103-51-20-16-36(84-61(99)45(69)11-6-24-79-65(71)72)29-41(51)57(95)88-47(13-7-25-80-66(73)74)62(100)85-37-17-21-52(104-2)42(30-37)58(96)89-48(14-8-26-81-67(75)76)63(101)87-39-19-23-54(106-34-55(92)93)44(32-39)60(98)90-49(15-9-27-82-68(77)78)64(102)86-38-18-22-53(105-3)43(31-38)59(97)91-50(56(70)94)28-35-33-83-46-12-5-4-10-40(35)46/h4-5,10,12,16-23,29-33,45,47-50,83H,6-9,11,13-15,24-28,34,69H2,1-3H3,(H2,70,94)(H,84,99)(H,85,100)(H,86,102)(H,87,101)(H,88,95)(H,89,96)(H,90,98)(H,91,97)(H,92,93)(H4,71,72,79)(H4,73,74,80)(H4,75,76,81)(H4,77,78,82). The van der Waals surface area contributed by atoms with Crippen LogP contribution in [0.4, 0.5) is 22.7 Å². The number of fused-ring (bicyclic) bond motifs is 1. The number of carboxylic acids is 1. The van der Waals surface area contributed by atoms with Crippen molar-refractivity contribution in [3.8, 4) is 23.0 Å². The van der Waals surface area contributed by atoms with E-state index in [0.29, 0.717) is 18.5 Å². The minimum absolute atomic E-state index is 0.00679. The molecule has 1 aromatic heterocycles. The summed E-state index contributed by atoms with van der Waals surface area (Å²) < 4.78 is 22.0. The molecule has 0 saturated carbocycles. The van der Waals surface area contributed by atoms with E-state index in [1.54, 1.807) is 6.20 Å². The number of nitrogens with two attached hydrogens (primary N) is 6. The fourth-order valence-electron chi connectivity index (χ4n) is 10.6. The van der Waals surface area contributed by atoms with Gasteiger partial charge >= 0.3 is 5.97 Å². The van der Waals surface area contributed by atoms with Crippen molar-refractivity contribution in [2.24, 2.45) is 34.4 Å². The molecule has 0 aliphatic carbocycles. The highest BCUT2D eigenvalue weighted by Crippen LogP contribution is 2.29. The van der Waals surface area contributed by atoms with Gasteiger partial charge in [-0.1, -0.05) is 18.2 Å². The first kappa shape index (κ1) is 81.5. The zero-order valence-electron chi connectivity index (χ0n) is 58.2. The van der Waals surface area contributed by atoms with Crippen molar-refractivity contribution < 1.29 is 72.0 Å². The maximum absolute atomic E-state index is 14.6. The first-order chi connectivity index (χ1) is 50.6. The Kier molecular flexibility index (Phi) is 31.0. The molecule has 38 nitrogen and oxygen atoms in total. The number of carbonyl (C=O) groups excluding carboxylic acids is 9. The number of aromatic nitrogens is 1. The molecule has 0 bridgehead atoms. The van der Waals surface area contributed by atoms with Gasteiger partial charge in [-0.2, -0.15) is 0 Å². The molecule has 566 valence electrons. The molecule has 5 aromatic carbocycles. The number of carboxylic acid groups (broad SMARTS) is 1. The van der Waals surface area contributed by atoms with Gasteiger partial charge in [0.25, 0.3) is 23.6 Å². The van der Waals surface area contributed by atoms with Gasteiger partial charge < -0.3 is 127 Å². The number of guanidine groups is 4. The number of anilines is 4. The lowest BCUT2D eigenvalue weighted by Gasteiger charge is -2.22. The van der Waals surface area contributed by atoms with Crippen molar-refractivity contribution in [2.75, 3.05) is 75.4 Å². The average molecular weight is 1470 g/mol. The summed E-state index contributed by atoms with van der Waals surface area (Å²) >= 11 is 0. The van der Waals surface area contributed by atoms with Crippen molar-refractivity contribution in [1.82, 2.24) is 47.5 Å². The number of para-hydroxylation sites is 1. The number of H-pyrrole nitrogens is 1. The van der Waals surface area contributed by atoms with Crippen molar-refractivity contribution >= 4 is 117 Å². The van der Waals surface area contributed by atoms with Gasteiger partial charge in [0.05, 0.1) is 49.6 Å². The van der Waals surface area contributed by atoms with Crippen molar-refractivity contribution in [2.45, 2.75) is 88.0 Å². The summed E-state index contributed by atoms with van der Waals surface area (Å²) in [5.74, 6) is -10.5. The van der Waals surface area contributed by atoms with Crippen molar-refractivity contribution in [3.05, 3.63) is 131 Å². The van der Waals surface area contributed by atoms with Gasteiger partial charge in [-0.05, 0) is 136 Å². The van der Waals surface area contributed by atoms with Gasteiger partial charge in [-0.25, -0.2) is 4.79 Å². The van der Waals surface area contributed by atoms with Gasteiger partial charge in [-0.3, -0.25) is 64.8 Å². The average Bonchev–Trinajstić information content (AvgIpc) is 1.57. The van der Waals surface area contributed by atoms with Crippen molar-refractivity contribution in [1.29, 1.82) is 21.6 Å². The summed E-state index contributed by atoms with van der Waals surface area (Å²) in [6, 6.07) is 16.8. The number of aliphatic carboxylic acids is 1. The van der Waals surface area contributed by atoms with Gasteiger partial charge in [0.1, 0.15) is 47.2 Å². The lowest BCUT2D eigenvalue weighted by Crippen LogP contribution is -2.46. The van der Waals surface area contributed by atoms with Crippen LogP contribution in [0.1, 0.15) is 98.4 Å². The summed E-state index contributed by atoms with van der Waals surface area (Å²) in [5, 5.41) is 72.5. The number of nitrogens with one attached hydrogen (secondary N) is 17. The van der Waals surface area contributed by atoms with E-state index in [-0.39, 0.29) is 157 Å². The van der Waals surface area contributed by atoms with Crippen LogP contribution in [0, 0.1) is 21.6 Å². The molecule has 1 heterocycles. The Balaban J connectivity index is 1.23. The summed E-state index contributed by atoms with van der Waals surface area (Å²) in [7, 11) is 3.87. The Morgan fingerprint density at radius 1 is 0.443 bits per heavy atom. The number of benzene rings is 5. The Morgan fingerprint density at radius 3 is 1.12 bits per heavy atom. The third-order valence-electron chi connectivity index (χ3n) is 15.9. The Labute approximate surface area is 607 Å². The zero-order valence-corrected chi connectivity index (χ0v) is 58.2. The molecule has 6 aromatic rings. The van der Waals surface area contributed by atoms with E-state index in [0.717, 1.165) is 17.0 Å². The van der Waals surface area contributed by atoms with Gasteiger partial charge in [-0.15, -0.1) is 0 Å². The highest BCUT2D eigenvalue weighted by molar-refractivity contribution is 6.08. The molecule has 0 aliphatic heterocycles. The first-order valence-corrected chi connectivity index (χ1v) is 33.0. The van der Waals surface area contributed by atoms with Gasteiger partial charge in [0.15, 0.2) is 30.4 Å². The van der Waals surface area contributed by atoms with E-state index in [9.17, 15) is 53.1 Å². The summed E-state index contributed by atoms with van der Waals surface area (Å²) in [6.07, 6.45) is 2.46. The summed E-state index contributed by atoms with van der Waals surface area (Å²) in [5.41, 5.74) is 34.5. The molecule has 0 spiro atoms. The van der Waals surface area contributed by atoms with Crippen LogP contribution >= 0.6 is 0 Å². The van der Waals surface area contributed by atoms with Crippen LogP contribution in [-0.2, 0) is 35.2 Å². The molecule has 30 N–H and O–H groups in total. The SMILES string of the molecule is COc1ccc(NC(=O)C(CCCNC(=N)N)NC(=O)c2cc(NC(=O)C(CCCNC(=N)N)NC(=O)c3cc(NC(=O)C(CCCNC(=N)N)NC(=O)c4cc(NC(=O)C(N)CCCNC(=N)N)ccc4OC)ccc3OC)ccc2OCC(=O)O)cc1C(=O)NC(Cc1c[nH]c2ccccc12)C(N)=O. The fraction of sp³-hybridized carbons (Fsp3) is 0.324. The number of rotatable bonds is 41. The number of carbonyl (C=O) groups is 10. The quantitative estimate of drug-likeness (QED) is 0.0137. The molecular formula is C68H89N23O15. The van der Waals surface area contributed by atoms with Crippen LogP contribution in [0.3, 0.4) is 0 Å². The van der Waals surface area contributed by atoms with Crippen LogP contribution in [0.5, 0.6) is 23.0 Å². The largest absolute Gasteiger partial charge is 0.496 e. The zero-order chi connectivity index (χ0) is 77.6. The Morgan fingerprint density at radius 2 is 0.774 bits per heavy atom. The van der Waals surface area contributed by atoms with E-state index in [2.05, 4.69) is 68.8 Å². The molecule has 0 saturated heterocycles. The monoisotopic (exact) mass is 1470 g/mol. The lowest BCUT2D eigenvalue weighted by molar-refractivity contribution is -0.139. The number of ether oxygens (including phenoxy) is 4. The smallest absolute Gasteiger partial charge is 0.341 e. The fourth-order valence-corrected chi connectivity index (χ4v) is 10.6. The first-order valence-electron chi connectivity index (χ1n) is 33.0. The second-order valence-electron chi connectivity index (χ2n) is 23.7. The predicted octanol–water partition coefficient (Wildman–Crippen LogP) is 0.0137. The third kappa shape index (κ3) is 25.3. The molecule has 38 heteroatoms. The summed E-state index contributed by atoms with van der Waals surface area (Å²) in [4.78, 5) is 141. The van der Waals surface area contributed by atoms with Gasteiger partial charge in [0, 0.05) is 72.4 Å². The van der Waals surface area contributed by atoms with E-state index in [1.165, 1.54) is 88.1 Å². The van der Waals surface area contributed by atoms with Crippen LogP contribution < -0.4 is 117 Å². The number of hydrogen-bond acceptors (Lipinski definition) is 19. The number of primary amides is 1. The maximum atomic E-state index is 14.6. The Hall–Kier alpha value is -13.4. The van der Waals surface area contributed by atoms with Crippen LogP contribution in [0.2, 0.25) is 0 Å². The normalized spacial score (nSPS) is 12.1. The van der Waals surface area contributed by atoms with E-state index < -0.39 is 102 Å². The molecule has 9 amide bonds. The Bertz CT molecular complexity index is 4230. The molecule has 106 heavy (non-hydrogen) atoms. The predicted molar refractivity (Wildman–Crippen MR) is 394 cm³/mol. The number of hydrogen-bond donors (Lipinski definition) is 24. The molecule has 6 rings (SSSR count). The van der Waals surface area contributed by atoms with E-state index in [1.807, 2.05) is 24.3 Å². The van der Waals surface area contributed by atoms with Crippen LogP contribution in [-0.4, -0.2) is 177 Å². The molecule has 0 radical (unpaired) electrons. The molecule has 0 fully saturated rings. The number of aromatic amines is 1. The second-order valence-corrected chi connectivity index (χ2v) is 23.7. The van der Waals surface area contributed by atoms with Crippen LogP contribution in [0.25, 0.3) is 10.9 Å². The maximum Gasteiger partial charge on any atom is 0.341 e. The number of methoxy groups -OCH3 is 3. The molecule has 0 aliphatic rings. The van der Waals surface area contributed by atoms with Gasteiger partial charge in [0.2, 0.25) is 29.5 Å². The lowest BCUT2D eigenvalue weighted by atomic mass is 10.0. The number of amides is 9. The van der Waals surface area contributed by atoms with Crippen molar-refractivity contribution in [3.63, 3.8) is 0 Å². The van der Waals surface area contributed by atoms with Crippen LogP contribution in [0.15, 0.2) is 103 Å². The summed E-state index contributed by atoms with van der Waals surface area (Å²) in [6.45, 7) is -0.427. The second kappa shape index (κ2) is 40.3. The third-order valence-corrected chi connectivity index (χ3v) is 15.9. The topological polar surface area (TPSA) is 640 Å². The van der Waals surface area contributed by atoms with E-state index >= 15 is 0 Å². The van der Waals surface area contributed by atoms with E-state index in [4.69, 9.17) is 75.0 Å². The highest BCUT2D eigenvalue weighted by Gasteiger charge is 2.31. The molecule has 5 unspecified atom stereocenters. The molecular weight excluding hydrogens is 1380 g/mol. The molecule has 5 atom stereocenters. The minimum Gasteiger partial charge on any atom is -0.496 e. The minimum atomic E-state index is -1.44.